The minimum absolute atomic E-state index is 0. The van der Waals surface area contributed by atoms with Crippen LogP contribution in [0.3, 0.4) is 0 Å². The van der Waals surface area contributed by atoms with Crippen molar-refractivity contribution in [3.8, 4) is 0 Å². The van der Waals surface area contributed by atoms with Crippen LogP contribution >= 0.6 is 12.4 Å². The van der Waals surface area contributed by atoms with Crippen molar-refractivity contribution in [1.29, 1.82) is 0 Å². The lowest BCUT2D eigenvalue weighted by molar-refractivity contribution is 0.0603. The SMILES string of the molecule is CC1NCCN(C(=O)c2ccc3[nH]c(=O)c(=O)[nH]c3c2)C1C.Cl. The van der Waals surface area contributed by atoms with Gasteiger partial charge in [0.1, 0.15) is 0 Å². The molecule has 0 aliphatic carbocycles. The van der Waals surface area contributed by atoms with Crippen molar-refractivity contribution in [2.45, 2.75) is 25.9 Å². The summed E-state index contributed by atoms with van der Waals surface area (Å²) in [4.78, 5) is 42.2. The van der Waals surface area contributed by atoms with Crippen molar-refractivity contribution in [3.05, 3.63) is 44.5 Å². The number of carbonyl (C=O) groups excluding carboxylic acids is 1. The molecule has 0 saturated carbocycles. The fourth-order valence-corrected chi connectivity index (χ4v) is 2.76. The predicted octanol–water partition coefficient (Wildman–Crippen LogP) is 0.461. The molecule has 2 unspecified atom stereocenters. The molecule has 2 aromatic rings. The van der Waals surface area contributed by atoms with Crippen LogP contribution in [0, 0.1) is 0 Å². The number of rotatable bonds is 1. The zero-order chi connectivity index (χ0) is 15.9. The van der Waals surface area contributed by atoms with Gasteiger partial charge in [0.2, 0.25) is 0 Å². The summed E-state index contributed by atoms with van der Waals surface area (Å²) in [5, 5.41) is 3.33. The van der Waals surface area contributed by atoms with Crippen LogP contribution in [0.25, 0.3) is 11.0 Å². The lowest BCUT2D eigenvalue weighted by atomic mass is 10.0. The van der Waals surface area contributed by atoms with Gasteiger partial charge in [-0.2, -0.15) is 0 Å². The lowest BCUT2D eigenvalue weighted by Crippen LogP contribution is -2.57. The summed E-state index contributed by atoms with van der Waals surface area (Å²) in [6, 6.07) is 5.23. The van der Waals surface area contributed by atoms with E-state index in [0.29, 0.717) is 23.1 Å². The zero-order valence-corrected chi connectivity index (χ0v) is 13.7. The van der Waals surface area contributed by atoms with Gasteiger partial charge in [0.05, 0.1) is 11.0 Å². The molecule has 7 nitrogen and oxygen atoms in total. The minimum Gasteiger partial charge on any atom is -0.333 e. The van der Waals surface area contributed by atoms with Crippen LogP contribution in [0.5, 0.6) is 0 Å². The maximum absolute atomic E-state index is 12.7. The molecule has 0 bridgehead atoms. The standard InChI is InChI=1S/C15H18N4O3.ClH/c1-8-9(2)19(6-5-16-8)15(22)10-3-4-11-12(7-10)18-14(21)13(20)17-11;/h3-4,7-9,16H,5-6H2,1-2H3,(H,17,20)(H,18,21);1H. The summed E-state index contributed by atoms with van der Waals surface area (Å²) in [5.74, 6) is -0.0743. The Morgan fingerprint density at radius 2 is 1.78 bits per heavy atom. The smallest absolute Gasteiger partial charge is 0.314 e. The molecule has 1 saturated heterocycles. The normalized spacial score (nSPS) is 21.0. The first-order valence-electron chi connectivity index (χ1n) is 7.28. The molecule has 8 heteroatoms. The Balaban J connectivity index is 0.00000192. The summed E-state index contributed by atoms with van der Waals surface area (Å²) in [6.07, 6.45) is 0. The van der Waals surface area contributed by atoms with Gasteiger partial charge < -0.3 is 20.2 Å². The third kappa shape index (κ3) is 3.16. The highest BCUT2D eigenvalue weighted by Crippen LogP contribution is 2.16. The van der Waals surface area contributed by atoms with Crippen LogP contribution in [0.1, 0.15) is 24.2 Å². The van der Waals surface area contributed by atoms with Gasteiger partial charge in [0.15, 0.2) is 0 Å². The van der Waals surface area contributed by atoms with E-state index in [2.05, 4.69) is 15.3 Å². The van der Waals surface area contributed by atoms with Gasteiger partial charge in [0.25, 0.3) is 5.91 Å². The number of piperazine rings is 1. The van der Waals surface area contributed by atoms with Crippen molar-refractivity contribution in [2.24, 2.45) is 0 Å². The molecular formula is C15H19ClN4O3. The highest BCUT2D eigenvalue weighted by molar-refractivity contribution is 5.97. The molecule has 1 aliphatic heterocycles. The van der Waals surface area contributed by atoms with Crippen molar-refractivity contribution in [3.63, 3.8) is 0 Å². The van der Waals surface area contributed by atoms with Gasteiger partial charge >= 0.3 is 11.1 Å². The average molecular weight is 339 g/mol. The number of benzene rings is 1. The van der Waals surface area contributed by atoms with Gasteiger partial charge in [-0.05, 0) is 32.0 Å². The van der Waals surface area contributed by atoms with Gasteiger partial charge in [-0.1, -0.05) is 0 Å². The van der Waals surface area contributed by atoms with E-state index in [9.17, 15) is 14.4 Å². The van der Waals surface area contributed by atoms with Crippen molar-refractivity contribution in [2.75, 3.05) is 13.1 Å². The highest BCUT2D eigenvalue weighted by Gasteiger charge is 2.28. The zero-order valence-electron chi connectivity index (χ0n) is 12.9. The molecule has 124 valence electrons. The number of nitrogens with one attached hydrogen (secondary N) is 3. The number of nitrogens with zero attached hydrogens (tertiary/aromatic N) is 1. The third-order valence-electron chi connectivity index (χ3n) is 4.26. The van der Waals surface area contributed by atoms with E-state index >= 15 is 0 Å². The maximum atomic E-state index is 12.7. The molecule has 0 spiro atoms. The van der Waals surface area contributed by atoms with E-state index in [1.165, 1.54) is 0 Å². The molecule has 3 N–H and O–H groups in total. The Bertz CT molecular complexity index is 844. The second kappa shape index (κ2) is 6.55. The fraction of sp³-hybridized carbons (Fsp3) is 0.400. The highest BCUT2D eigenvalue weighted by atomic mass is 35.5. The van der Waals surface area contributed by atoms with E-state index in [-0.39, 0.29) is 30.4 Å². The van der Waals surface area contributed by atoms with E-state index in [1.54, 1.807) is 18.2 Å². The number of amides is 1. The summed E-state index contributed by atoms with van der Waals surface area (Å²) >= 11 is 0. The lowest BCUT2D eigenvalue weighted by Gasteiger charge is -2.38. The number of carbonyl (C=O) groups is 1. The van der Waals surface area contributed by atoms with Crippen LogP contribution in [0.2, 0.25) is 0 Å². The van der Waals surface area contributed by atoms with Crippen molar-refractivity contribution in [1.82, 2.24) is 20.2 Å². The molecule has 3 rings (SSSR count). The minimum atomic E-state index is -0.721. The van der Waals surface area contributed by atoms with Crippen LogP contribution < -0.4 is 16.4 Å². The molecule has 1 fully saturated rings. The average Bonchev–Trinajstić information content (AvgIpc) is 2.50. The molecular weight excluding hydrogens is 320 g/mol. The van der Waals surface area contributed by atoms with E-state index in [1.807, 2.05) is 18.7 Å². The number of fused-ring (bicyclic) bond motifs is 1. The van der Waals surface area contributed by atoms with Gasteiger partial charge in [-0.15, -0.1) is 12.4 Å². The van der Waals surface area contributed by atoms with Crippen LogP contribution in [0.15, 0.2) is 27.8 Å². The molecule has 0 radical (unpaired) electrons. The quantitative estimate of drug-likeness (QED) is 0.658. The van der Waals surface area contributed by atoms with Crippen LogP contribution in [-0.2, 0) is 0 Å². The number of aromatic amines is 2. The van der Waals surface area contributed by atoms with E-state index in [4.69, 9.17) is 0 Å². The second-order valence-corrected chi connectivity index (χ2v) is 5.65. The van der Waals surface area contributed by atoms with Crippen LogP contribution in [0.4, 0.5) is 0 Å². The van der Waals surface area contributed by atoms with Crippen LogP contribution in [-0.4, -0.2) is 45.9 Å². The number of hydrogen-bond donors (Lipinski definition) is 3. The van der Waals surface area contributed by atoms with E-state index in [0.717, 1.165) is 6.54 Å². The number of hydrogen-bond acceptors (Lipinski definition) is 4. The molecule has 1 aromatic carbocycles. The molecule has 1 aliphatic rings. The number of halogens is 1. The monoisotopic (exact) mass is 338 g/mol. The Morgan fingerprint density at radius 1 is 1.13 bits per heavy atom. The van der Waals surface area contributed by atoms with Crippen molar-refractivity contribution < 1.29 is 4.79 Å². The summed E-state index contributed by atoms with van der Waals surface area (Å²) in [7, 11) is 0. The van der Waals surface area contributed by atoms with Gasteiger partial charge in [-0.25, -0.2) is 0 Å². The Morgan fingerprint density at radius 3 is 2.48 bits per heavy atom. The predicted molar refractivity (Wildman–Crippen MR) is 90.4 cm³/mol. The molecule has 2 heterocycles. The molecule has 2 atom stereocenters. The Labute approximate surface area is 138 Å². The first-order chi connectivity index (χ1) is 10.5. The first kappa shape index (κ1) is 17.2. The Kier molecular flexibility index (Phi) is 4.91. The number of H-pyrrole nitrogens is 2. The summed E-state index contributed by atoms with van der Waals surface area (Å²) < 4.78 is 0. The number of aromatic nitrogens is 2. The third-order valence-corrected chi connectivity index (χ3v) is 4.26. The second-order valence-electron chi connectivity index (χ2n) is 5.65. The van der Waals surface area contributed by atoms with Gasteiger partial charge in [-0.3, -0.25) is 14.4 Å². The summed E-state index contributed by atoms with van der Waals surface area (Å²) in [5.41, 5.74) is 0.0303. The fourth-order valence-electron chi connectivity index (χ4n) is 2.76. The van der Waals surface area contributed by atoms with E-state index < -0.39 is 11.1 Å². The Hall–Kier alpha value is -2.12. The first-order valence-corrected chi connectivity index (χ1v) is 7.28. The van der Waals surface area contributed by atoms with Gasteiger partial charge in [0, 0.05) is 30.7 Å². The topological polar surface area (TPSA) is 98.1 Å². The maximum Gasteiger partial charge on any atom is 0.314 e. The van der Waals surface area contributed by atoms with Crippen molar-refractivity contribution >= 4 is 29.3 Å². The molecule has 23 heavy (non-hydrogen) atoms. The molecule has 1 amide bonds. The largest absolute Gasteiger partial charge is 0.333 e. The summed E-state index contributed by atoms with van der Waals surface area (Å²) in [6.45, 7) is 5.46. The molecule has 1 aromatic heterocycles.